The first-order valence-electron chi connectivity index (χ1n) is 3.88. The molecule has 3 nitrogen and oxygen atoms in total. The Morgan fingerprint density at radius 1 is 0.895 bits per heavy atom. The lowest BCUT2D eigenvalue weighted by molar-refractivity contribution is -0.454. The Balaban J connectivity index is 5.96. The van der Waals surface area contributed by atoms with Crippen LogP contribution in [-0.4, -0.2) is 42.5 Å². The molecule has 0 aromatic heterocycles. The van der Waals surface area contributed by atoms with Crippen molar-refractivity contribution in [1.29, 1.82) is 0 Å². The Kier molecular flexibility index (Phi) is 4.37. The third kappa shape index (κ3) is 3.19. The van der Waals surface area contributed by atoms with E-state index in [2.05, 4.69) is 4.74 Å². The van der Waals surface area contributed by atoms with Crippen molar-refractivity contribution in [3.05, 3.63) is 0 Å². The molecule has 0 aromatic rings. The summed E-state index contributed by atoms with van der Waals surface area (Å²) in [6.07, 6.45) is -13.9. The van der Waals surface area contributed by atoms with Crippen LogP contribution in [0.3, 0.4) is 0 Å². The maximum Gasteiger partial charge on any atom is 0.470 e. The molecule has 0 rings (SSSR count). The van der Waals surface area contributed by atoms with E-state index in [4.69, 9.17) is 0 Å². The van der Waals surface area contributed by atoms with E-state index in [-0.39, 0.29) is 7.11 Å². The van der Waals surface area contributed by atoms with Crippen LogP contribution in [0.4, 0.5) is 43.9 Å². The molecule has 0 aliphatic rings. The number of rotatable bonds is 3. The van der Waals surface area contributed by atoms with Gasteiger partial charge in [0.15, 0.2) is 0 Å². The number of ether oxygens (including phenoxy) is 1. The summed E-state index contributed by atoms with van der Waals surface area (Å²) >= 11 is 0. The molecule has 0 heterocycles. The lowest BCUT2D eigenvalue weighted by atomic mass is 10.3. The van der Waals surface area contributed by atoms with Crippen LogP contribution in [0.25, 0.3) is 0 Å². The molecule has 0 fully saturated rings. The number of halogens is 10. The summed E-state index contributed by atoms with van der Waals surface area (Å²) in [4.78, 5) is 6.77. The minimum Gasteiger partial charge on any atom is -0.463 e. The molecule has 0 radical (unpaired) electrons. The first-order chi connectivity index (χ1) is 8.10. The van der Waals surface area contributed by atoms with Gasteiger partial charge in [-0.1, -0.05) is 4.90 Å². The van der Waals surface area contributed by atoms with Crippen molar-refractivity contribution in [3.8, 4) is 0 Å². The minimum absolute atomic E-state index is 0.0799. The van der Waals surface area contributed by atoms with Crippen LogP contribution in [0.15, 0.2) is 0 Å². The Morgan fingerprint density at radius 2 is 1.26 bits per heavy atom. The fourth-order valence-corrected chi connectivity index (χ4v) is 0.836. The second-order valence-electron chi connectivity index (χ2n) is 2.88. The molecule has 0 unspecified atom stereocenters. The van der Waals surface area contributed by atoms with E-state index in [1.165, 1.54) is 0 Å². The number of hydrogen-bond donors (Lipinski definition) is 0. The Bertz CT molecular complexity index is 345. The summed E-state index contributed by atoms with van der Waals surface area (Å²) in [6, 6.07) is -13.3. The molecule has 0 aliphatic carbocycles. The van der Waals surface area contributed by atoms with E-state index in [1.54, 1.807) is 0 Å². The molecule has 114 valence electrons. The summed E-state index contributed by atoms with van der Waals surface area (Å²) in [7, 11) is 0.0799. The van der Waals surface area contributed by atoms with Crippen molar-refractivity contribution in [2.75, 3.05) is 7.11 Å². The van der Waals surface area contributed by atoms with Crippen LogP contribution in [0.2, 0.25) is 0 Å². The van der Waals surface area contributed by atoms with E-state index in [9.17, 15) is 48.7 Å². The molecule has 0 aromatic carbocycles. The maximum absolute atomic E-state index is 12.8. The van der Waals surface area contributed by atoms with Crippen molar-refractivity contribution in [1.82, 2.24) is 4.90 Å². The van der Waals surface area contributed by atoms with Crippen molar-refractivity contribution in [3.63, 3.8) is 0 Å². The zero-order chi connectivity index (χ0) is 15.9. The molecular weight excluding hydrogens is 308 g/mol. The summed E-state index contributed by atoms with van der Waals surface area (Å²) in [5.41, 5.74) is 0. The number of nitrogens with zero attached hydrogens (tertiary/aromatic N) is 1. The highest BCUT2D eigenvalue weighted by atomic mass is 19.4. The van der Waals surface area contributed by atoms with Gasteiger partial charge in [-0.3, -0.25) is 0 Å². The normalized spacial score (nSPS) is 14.7. The number of hydrogen-bond acceptors (Lipinski definition) is 3. The number of methoxy groups -OCH3 is 1. The van der Waals surface area contributed by atoms with E-state index >= 15 is 0 Å². The molecular formula is C6H3F10NO2. The quantitative estimate of drug-likeness (QED) is 0.456. The zero-order valence-electron chi connectivity index (χ0n) is 8.54. The molecule has 0 bridgehead atoms. The van der Waals surface area contributed by atoms with Gasteiger partial charge in [-0.05, 0) is 0 Å². The third-order valence-corrected chi connectivity index (χ3v) is 1.59. The fourth-order valence-electron chi connectivity index (χ4n) is 0.836. The second kappa shape index (κ2) is 4.68. The summed E-state index contributed by atoms with van der Waals surface area (Å²) in [6.45, 7) is 0. The SMILES string of the molecule is COC(=O)C(F)(F)N(C(F)(F)F)C(F)(F)C(F)(F)F. The number of alkyl halides is 10. The molecule has 0 saturated heterocycles. The van der Waals surface area contributed by atoms with Crippen LogP contribution in [-0.2, 0) is 9.53 Å². The monoisotopic (exact) mass is 311 g/mol. The van der Waals surface area contributed by atoms with Gasteiger partial charge in [0.1, 0.15) is 0 Å². The zero-order valence-corrected chi connectivity index (χ0v) is 8.54. The molecule has 0 amide bonds. The van der Waals surface area contributed by atoms with Gasteiger partial charge in [0.05, 0.1) is 7.11 Å². The van der Waals surface area contributed by atoms with Gasteiger partial charge in [-0.15, -0.1) is 0 Å². The van der Waals surface area contributed by atoms with E-state index < -0.39 is 35.4 Å². The average Bonchev–Trinajstić information content (AvgIpc) is 2.10. The van der Waals surface area contributed by atoms with Crippen molar-refractivity contribution >= 4 is 5.97 Å². The van der Waals surface area contributed by atoms with Gasteiger partial charge in [0.25, 0.3) is 0 Å². The van der Waals surface area contributed by atoms with Gasteiger partial charge >= 0.3 is 30.5 Å². The van der Waals surface area contributed by atoms with Crippen LogP contribution in [0.5, 0.6) is 0 Å². The largest absolute Gasteiger partial charge is 0.470 e. The first-order valence-corrected chi connectivity index (χ1v) is 3.88. The number of carbonyl (C=O) groups excluding carboxylic acids is 1. The van der Waals surface area contributed by atoms with E-state index in [0.717, 1.165) is 0 Å². The highest BCUT2D eigenvalue weighted by molar-refractivity contribution is 5.77. The predicted molar refractivity (Wildman–Crippen MR) is 35.9 cm³/mol. The van der Waals surface area contributed by atoms with Crippen molar-refractivity contribution < 1.29 is 53.4 Å². The Morgan fingerprint density at radius 3 is 1.47 bits per heavy atom. The lowest BCUT2D eigenvalue weighted by Gasteiger charge is -2.36. The first kappa shape index (κ1) is 17.7. The lowest BCUT2D eigenvalue weighted by Crippen LogP contribution is -2.67. The van der Waals surface area contributed by atoms with Crippen molar-refractivity contribution in [2.45, 2.75) is 24.6 Å². The summed E-state index contributed by atoms with van der Waals surface area (Å²) in [5, 5.41) is 0. The minimum atomic E-state index is -7.04. The predicted octanol–water partition coefficient (Wildman–Crippen LogP) is 2.73. The highest BCUT2D eigenvalue weighted by Gasteiger charge is 2.77. The van der Waals surface area contributed by atoms with Gasteiger partial charge in [-0.25, -0.2) is 4.79 Å². The average molecular weight is 311 g/mol. The van der Waals surface area contributed by atoms with Crippen LogP contribution in [0.1, 0.15) is 0 Å². The molecule has 0 aliphatic heterocycles. The van der Waals surface area contributed by atoms with Crippen LogP contribution >= 0.6 is 0 Å². The van der Waals surface area contributed by atoms with Gasteiger partial charge in [0.2, 0.25) is 0 Å². The smallest absolute Gasteiger partial charge is 0.463 e. The number of carbonyl (C=O) groups is 1. The van der Waals surface area contributed by atoms with Gasteiger partial charge in [0, 0.05) is 0 Å². The van der Waals surface area contributed by atoms with Crippen molar-refractivity contribution in [2.24, 2.45) is 0 Å². The molecule has 0 atom stereocenters. The third-order valence-electron chi connectivity index (χ3n) is 1.59. The van der Waals surface area contributed by atoms with E-state index in [0.29, 0.717) is 0 Å². The van der Waals surface area contributed by atoms with Gasteiger partial charge < -0.3 is 4.74 Å². The molecule has 0 saturated carbocycles. The molecule has 19 heavy (non-hydrogen) atoms. The molecule has 0 spiro atoms. The maximum atomic E-state index is 12.8. The summed E-state index contributed by atoms with van der Waals surface area (Å²) < 4.78 is 125. The second-order valence-corrected chi connectivity index (χ2v) is 2.88. The Labute approximate surface area is 97.3 Å². The van der Waals surface area contributed by atoms with Crippen LogP contribution in [0, 0.1) is 0 Å². The van der Waals surface area contributed by atoms with Crippen LogP contribution < -0.4 is 0 Å². The van der Waals surface area contributed by atoms with Gasteiger partial charge in [-0.2, -0.15) is 43.9 Å². The standard InChI is InChI=1S/C6H3F10NO2/c1-19-2(18)3(7,8)17(6(14,15)16)5(12,13)4(9,10)11/h1H3. The topological polar surface area (TPSA) is 29.5 Å². The number of esters is 1. The van der Waals surface area contributed by atoms with E-state index in [1.807, 2.05) is 0 Å². The molecule has 13 heteroatoms. The fraction of sp³-hybridized carbons (Fsp3) is 0.833. The Hall–Kier alpha value is -1.27. The summed E-state index contributed by atoms with van der Waals surface area (Å²) in [5.74, 6) is -3.23. The molecule has 0 N–H and O–H groups in total. The highest BCUT2D eigenvalue weighted by Crippen LogP contribution is 2.48.